The van der Waals surface area contributed by atoms with E-state index in [1.807, 2.05) is 0 Å². The van der Waals surface area contributed by atoms with Crippen LogP contribution in [0, 0.1) is 0 Å². The molecular formula is C11H15BrN2O2. The monoisotopic (exact) mass is 286 g/mol. The summed E-state index contributed by atoms with van der Waals surface area (Å²) in [4.78, 5) is 11.8. The number of halogens is 1. The molecule has 16 heavy (non-hydrogen) atoms. The molecule has 4 nitrogen and oxygen atoms in total. The lowest BCUT2D eigenvalue weighted by Gasteiger charge is -2.23. The highest BCUT2D eigenvalue weighted by molar-refractivity contribution is 9.10. The van der Waals surface area contributed by atoms with Crippen molar-refractivity contribution in [2.45, 2.75) is 19.4 Å². The zero-order valence-corrected chi connectivity index (χ0v) is 10.8. The summed E-state index contributed by atoms with van der Waals surface area (Å²) >= 11 is 3.27. The number of rotatable bonds is 3. The number of hydrogen-bond donors (Lipinski definition) is 3. The van der Waals surface area contributed by atoms with Crippen molar-refractivity contribution in [1.29, 1.82) is 0 Å². The van der Waals surface area contributed by atoms with Gasteiger partial charge in [-0.3, -0.25) is 4.79 Å². The Hall–Kier alpha value is -1.07. The lowest BCUT2D eigenvalue weighted by molar-refractivity contribution is 0.0870. The molecule has 0 atom stereocenters. The first-order valence-electron chi connectivity index (χ1n) is 4.84. The topological polar surface area (TPSA) is 75.3 Å². The second-order valence-electron chi connectivity index (χ2n) is 4.23. The number of nitrogens with two attached hydrogens (primary N) is 1. The summed E-state index contributed by atoms with van der Waals surface area (Å²) in [5.74, 6) is -0.288. The average molecular weight is 287 g/mol. The van der Waals surface area contributed by atoms with Crippen LogP contribution >= 0.6 is 15.9 Å². The standard InChI is InChI=1S/C11H15BrN2O2/c1-11(2,6-15)14-10(16)8-4-3-7(12)5-9(8)13/h3-5,15H,6,13H2,1-2H3,(H,14,16). The van der Waals surface area contributed by atoms with Crippen LogP contribution < -0.4 is 11.1 Å². The zero-order valence-electron chi connectivity index (χ0n) is 9.25. The van der Waals surface area contributed by atoms with Gasteiger partial charge in [0.1, 0.15) is 0 Å². The van der Waals surface area contributed by atoms with Gasteiger partial charge in [0.25, 0.3) is 5.91 Å². The molecule has 88 valence electrons. The summed E-state index contributed by atoms with van der Waals surface area (Å²) in [5.41, 5.74) is 5.88. The normalized spacial score (nSPS) is 11.2. The Labute approximate surface area is 103 Å². The van der Waals surface area contributed by atoms with E-state index in [0.29, 0.717) is 11.3 Å². The minimum Gasteiger partial charge on any atom is -0.398 e. The van der Waals surface area contributed by atoms with Crippen molar-refractivity contribution in [2.75, 3.05) is 12.3 Å². The van der Waals surface area contributed by atoms with Gasteiger partial charge in [-0.1, -0.05) is 15.9 Å². The molecule has 0 spiro atoms. The second kappa shape index (κ2) is 4.84. The number of carbonyl (C=O) groups is 1. The van der Waals surface area contributed by atoms with Crippen LogP contribution in [0.25, 0.3) is 0 Å². The summed E-state index contributed by atoms with van der Waals surface area (Å²) in [5, 5.41) is 11.7. The first-order chi connectivity index (χ1) is 7.35. The fourth-order valence-electron chi connectivity index (χ4n) is 1.15. The zero-order chi connectivity index (χ0) is 12.3. The number of aliphatic hydroxyl groups is 1. The lowest BCUT2D eigenvalue weighted by Crippen LogP contribution is -2.46. The highest BCUT2D eigenvalue weighted by Crippen LogP contribution is 2.19. The molecule has 1 aromatic carbocycles. The number of nitrogens with one attached hydrogen (secondary N) is 1. The van der Waals surface area contributed by atoms with Gasteiger partial charge in [-0.25, -0.2) is 0 Å². The summed E-state index contributed by atoms with van der Waals surface area (Å²) in [6, 6.07) is 5.06. The van der Waals surface area contributed by atoms with Crippen molar-refractivity contribution < 1.29 is 9.90 Å². The van der Waals surface area contributed by atoms with Crippen LogP contribution in [0.5, 0.6) is 0 Å². The maximum atomic E-state index is 11.8. The highest BCUT2D eigenvalue weighted by atomic mass is 79.9. The minimum atomic E-state index is -0.656. The van der Waals surface area contributed by atoms with Crippen LogP contribution in [-0.2, 0) is 0 Å². The van der Waals surface area contributed by atoms with E-state index in [1.165, 1.54) is 0 Å². The molecule has 0 fully saturated rings. The predicted molar refractivity (Wildman–Crippen MR) is 67.2 cm³/mol. The molecule has 1 rings (SSSR count). The quantitative estimate of drug-likeness (QED) is 0.738. The Morgan fingerprint density at radius 1 is 1.56 bits per heavy atom. The number of aliphatic hydroxyl groups excluding tert-OH is 1. The van der Waals surface area contributed by atoms with E-state index in [1.54, 1.807) is 32.0 Å². The number of nitrogen functional groups attached to an aromatic ring is 1. The molecule has 0 bridgehead atoms. The van der Waals surface area contributed by atoms with Crippen molar-refractivity contribution >= 4 is 27.5 Å². The van der Waals surface area contributed by atoms with E-state index in [4.69, 9.17) is 10.8 Å². The van der Waals surface area contributed by atoms with Gasteiger partial charge >= 0.3 is 0 Å². The molecule has 4 N–H and O–H groups in total. The summed E-state index contributed by atoms with van der Waals surface area (Å²) in [6.07, 6.45) is 0. The number of benzene rings is 1. The van der Waals surface area contributed by atoms with Crippen molar-refractivity contribution in [2.24, 2.45) is 0 Å². The molecule has 0 aromatic heterocycles. The number of hydrogen-bond acceptors (Lipinski definition) is 3. The van der Waals surface area contributed by atoms with Gasteiger partial charge in [0.2, 0.25) is 0 Å². The van der Waals surface area contributed by atoms with Gasteiger partial charge in [-0.05, 0) is 32.0 Å². The largest absolute Gasteiger partial charge is 0.398 e. The van der Waals surface area contributed by atoms with Gasteiger partial charge in [0, 0.05) is 10.2 Å². The molecule has 0 saturated carbocycles. The van der Waals surface area contributed by atoms with Crippen molar-refractivity contribution in [3.8, 4) is 0 Å². The maximum Gasteiger partial charge on any atom is 0.253 e. The molecule has 0 unspecified atom stereocenters. The summed E-state index contributed by atoms with van der Waals surface area (Å²) in [6.45, 7) is 3.34. The summed E-state index contributed by atoms with van der Waals surface area (Å²) < 4.78 is 0.822. The lowest BCUT2D eigenvalue weighted by atomic mass is 10.1. The van der Waals surface area contributed by atoms with Crippen LogP contribution in [0.3, 0.4) is 0 Å². The van der Waals surface area contributed by atoms with Crippen molar-refractivity contribution in [3.05, 3.63) is 28.2 Å². The molecule has 1 aromatic rings. The SMILES string of the molecule is CC(C)(CO)NC(=O)c1ccc(Br)cc1N. The van der Waals surface area contributed by atoms with Gasteiger partial charge in [-0.15, -0.1) is 0 Å². The third-order valence-corrected chi connectivity index (χ3v) is 2.60. The van der Waals surface area contributed by atoms with E-state index in [2.05, 4.69) is 21.2 Å². The Bertz CT molecular complexity index is 405. The number of amides is 1. The second-order valence-corrected chi connectivity index (χ2v) is 5.14. The summed E-state index contributed by atoms with van der Waals surface area (Å²) in [7, 11) is 0. The van der Waals surface area contributed by atoms with Crippen molar-refractivity contribution in [3.63, 3.8) is 0 Å². The van der Waals surface area contributed by atoms with Crippen LogP contribution in [0.2, 0.25) is 0 Å². The van der Waals surface area contributed by atoms with E-state index in [-0.39, 0.29) is 12.5 Å². The molecule has 1 amide bonds. The van der Waals surface area contributed by atoms with Gasteiger partial charge in [0.15, 0.2) is 0 Å². The molecule has 0 radical (unpaired) electrons. The maximum absolute atomic E-state index is 11.8. The fourth-order valence-corrected chi connectivity index (χ4v) is 1.53. The van der Waals surface area contributed by atoms with E-state index >= 15 is 0 Å². The first-order valence-corrected chi connectivity index (χ1v) is 5.63. The van der Waals surface area contributed by atoms with Crippen LogP contribution in [-0.4, -0.2) is 23.2 Å². The van der Waals surface area contributed by atoms with Crippen LogP contribution in [0.4, 0.5) is 5.69 Å². The minimum absolute atomic E-state index is 0.130. The van der Waals surface area contributed by atoms with Crippen LogP contribution in [0.1, 0.15) is 24.2 Å². The Balaban J connectivity index is 2.89. The van der Waals surface area contributed by atoms with E-state index in [0.717, 1.165) is 4.47 Å². The van der Waals surface area contributed by atoms with Gasteiger partial charge in [-0.2, -0.15) is 0 Å². The smallest absolute Gasteiger partial charge is 0.253 e. The molecule has 0 heterocycles. The third-order valence-electron chi connectivity index (χ3n) is 2.11. The van der Waals surface area contributed by atoms with Gasteiger partial charge in [0.05, 0.1) is 17.7 Å². The molecule has 0 aliphatic rings. The van der Waals surface area contributed by atoms with Crippen LogP contribution in [0.15, 0.2) is 22.7 Å². The molecule has 0 saturated heterocycles. The van der Waals surface area contributed by atoms with Crippen molar-refractivity contribution in [1.82, 2.24) is 5.32 Å². The van der Waals surface area contributed by atoms with E-state index < -0.39 is 5.54 Å². The molecular weight excluding hydrogens is 272 g/mol. The predicted octanol–water partition coefficient (Wildman–Crippen LogP) is 1.53. The molecule has 0 aliphatic heterocycles. The third kappa shape index (κ3) is 3.21. The highest BCUT2D eigenvalue weighted by Gasteiger charge is 2.21. The Kier molecular flexibility index (Phi) is 3.93. The molecule has 5 heteroatoms. The van der Waals surface area contributed by atoms with E-state index in [9.17, 15) is 4.79 Å². The Morgan fingerprint density at radius 2 is 2.19 bits per heavy atom. The van der Waals surface area contributed by atoms with Gasteiger partial charge < -0.3 is 16.2 Å². The first kappa shape index (κ1) is 13.0. The number of anilines is 1. The number of carbonyl (C=O) groups excluding carboxylic acids is 1. The fraction of sp³-hybridized carbons (Fsp3) is 0.364. The molecule has 0 aliphatic carbocycles. The average Bonchev–Trinajstić information content (AvgIpc) is 2.16. The Morgan fingerprint density at radius 3 is 2.69 bits per heavy atom.